The van der Waals surface area contributed by atoms with Gasteiger partial charge in [-0.1, -0.05) is 13.8 Å². The molecule has 1 aromatic rings. The lowest BCUT2D eigenvalue weighted by atomic mass is 10.2. The Bertz CT molecular complexity index is 368. The Hall–Kier alpha value is -1.42. The summed E-state index contributed by atoms with van der Waals surface area (Å²) in [7, 11) is 0. The van der Waals surface area contributed by atoms with E-state index in [1.807, 2.05) is 25.1 Å². The van der Waals surface area contributed by atoms with Gasteiger partial charge in [0.1, 0.15) is 5.75 Å². The number of nitrogens with one attached hydrogen (secondary N) is 1. The molecule has 108 valence electrons. The molecule has 0 spiro atoms. The van der Waals surface area contributed by atoms with Crippen LogP contribution in [0.15, 0.2) is 18.2 Å². The highest BCUT2D eigenvalue weighted by atomic mass is 16.5. The SMILES string of the molecule is CCCN(CC)CCNc1cc(N)cc(OCC)c1. The van der Waals surface area contributed by atoms with Gasteiger partial charge in [-0.2, -0.15) is 0 Å². The maximum atomic E-state index is 5.86. The highest BCUT2D eigenvalue weighted by Gasteiger charge is 2.02. The molecule has 4 nitrogen and oxygen atoms in total. The summed E-state index contributed by atoms with van der Waals surface area (Å²) >= 11 is 0. The fraction of sp³-hybridized carbons (Fsp3) is 0.600. The van der Waals surface area contributed by atoms with Gasteiger partial charge in [0.05, 0.1) is 6.61 Å². The van der Waals surface area contributed by atoms with Crippen molar-refractivity contribution in [2.45, 2.75) is 27.2 Å². The summed E-state index contributed by atoms with van der Waals surface area (Å²) in [5.74, 6) is 0.825. The second-order valence-corrected chi connectivity index (χ2v) is 4.58. The summed E-state index contributed by atoms with van der Waals surface area (Å²) in [6.07, 6.45) is 1.20. The van der Waals surface area contributed by atoms with Crippen molar-refractivity contribution in [2.24, 2.45) is 0 Å². The zero-order valence-corrected chi connectivity index (χ0v) is 12.4. The number of likely N-dealkylation sites (N-methyl/N-ethyl adjacent to an activating group) is 1. The van der Waals surface area contributed by atoms with Gasteiger partial charge in [-0.05, 0) is 32.5 Å². The monoisotopic (exact) mass is 265 g/mol. The third kappa shape index (κ3) is 5.83. The molecule has 0 saturated carbocycles. The predicted octanol–water partition coefficient (Wildman–Crippen LogP) is 2.81. The number of nitrogen functional groups attached to an aromatic ring is 1. The molecule has 4 heteroatoms. The van der Waals surface area contributed by atoms with Crippen molar-refractivity contribution in [3.05, 3.63) is 18.2 Å². The predicted molar refractivity (Wildman–Crippen MR) is 82.9 cm³/mol. The van der Waals surface area contributed by atoms with Gasteiger partial charge in [-0.3, -0.25) is 0 Å². The van der Waals surface area contributed by atoms with Gasteiger partial charge < -0.3 is 20.7 Å². The lowest BCUT2D eigenvalue weighted by Gasteiger charge is -2.20. The second kappa shape index (κ2) is 8.64. The molecule has 0 fully saturated rings. The minimum atomic E-state index is 0.656. The zero-order chi connectivity index (χ0) is 14.1. The van der Waals surface area contributed by atoms with Crippen LogP contribution in [0.3, 0.4) is 0 Å². The van der Waals surface area contributed by atoms with E-state index in [-0.39, 0.29) is 0 Å². The van der Waals surface area contributed by atoms with Crippen molar-refractivity contribution < 1.29 is 4.74 Å². The molecule has 0 amide bonds. The molecule has 0 aliphatic rings. The molecule has 0 unspecified atom stereocenters. The van der Waals surface area contributed by atoms with Crippen molar-refractivity contribution in [3.63, 3.8) is 0 Å². The van der Waals surface area contributed by atoms with Crippen LogP contribution in [0.4, 0.5) is 11.4 Å². The molecule has 1 rings (SSSR count). The van der Waals surface area contributed by atoms with Crippen molar-refractivity contribution in [1.82, 2.24) is 4.90 Å². The second-order valence-electron chi connectivity index (χ2n) is 4.58. The van der Waals surface area contributed by atoms with Gasteiger partial charge in [0.2, 0.25) is 0 Å². The maximum Gasteiger partial charge on any atom is 0.123 e. The van der Waals surface area contributed by atoms with Gasteiger partial charge in [-0.25, -0.2) is 0 Å². The molecular formula is C15H27N3O. The number of hydrogen-bond acceptors (Lipinski definition) is 4. The fourth-order valence-corrected chi connectivity index (χ4v) is 2.08. The molecule has 0 aromatic heterocycles. The largest absolute Gasteiger partial charge is 0.494 e. The molecule has 3 N–H and O–H groups in total. The number of nitrogens with zero attached hydrogens (tertiary/aromatic N) is 1. The van der Waals surface area contributed by atoms with Gasteiger partial charge >= 0.3 is 0 Å². The van der Waals surface area contributed by atoms with Gasteiger partial charge in [-0.15, -0.1) is 0 Å². The Morgan fingerprint density at radius 1 is 1.16 bits per heavy atom. The highest BCUT2D eigenvalue weighted by Crippen LogP contribution is 2.22. The van der Waals surface area contributed by atoms with Crippen LogP contribution in [0.2, 0.25) is 0 Å². The smallest absolute Gasteiger partial charge is 0.123 e. The fourth-order valence-electron chi connectivity index (χ4n) is 2.08. The van der Waals surface area contributed by atoms with Crippen LogP contribution in [0.25, 0.3) is 0 Å². The number of nitrogens with two attached hydrogens (primary N) is 1. The number of benzene rings is 1. The van der Waals surface area contributed by atoms with E-state index >= 15 is 0 Å². The maximum absolute atomic E-state index is 5.86. The van der Waals surface area contributed by atoms with Crippen LogP contribution in [-0.2, 0) is 0 Å². The van der Waals surface area contributed by atoms with Crippen molar-refractivity contribution >= 4 is 11.4 Å². The lowest BCUT2D eigenvalue weighted by Crippen LogP contribution is -2.29. The molecule has 0 heterocycles. The number of hydrogen-bond donors (Lipinski definition) is 2. The lowest BCUT2D eigenvalue weighted by molar-refractivity contribution is 0.300. The van der Waals surface area contributed by atoms with E-state index in [1.165, 1.54) is 6.42 Å². The Balaban J connectivity index is 2.48. The van der Waals surface area contributed by atoms with Crippen LogP contribution in [0.1, 0.15) is 27.2 Å². The van der Waals surface area contributed by atoms with Crippen molar-refractivity contribution in [2.75, 3.05) is 43.8 Å². The van der Waals surface area contributed by atoms with E-state index in [0.29, 0.717) is 6.61 Å². The van der Waals surface area contributed by atoms with Crippen LogP contribution >= 0.6 is 0 Å². The average molecular weight is 265 g/mol. The third-order valence-electron chi connectivity index (χ3n) is 2.98. The first-order valence-corrected chi connectivity index (χ1v) is 7.19. The highest BCUT2D eigenvalue weighted by molar-refractivity contribution is 5.59. The molecular weight excluding hydrogens is 238 g/mol. The first kappa shape index (κ1) is 15.6. The minimum Gasteiger partial charge on any atom is -0.494 e. The normalized spacial score (nSPS) is 10.7. The number of rotatable bonds is 9. The molecule has 0 bridgehead atoms. The summed E-state index contributed by atoms with van der Waals surface area (Å²) in [5.41, 5.74) is 7.62. The van der Waals surface area contributed by atoms with Crippen LogP contribution in [0.5, 0.6) is 5.75 Å². The Morgan fingerprint density at radius 2 is 1.95 bits per heavy atom. The molecule has 19 heavy (non-hydrogen) atoms. The van der Waals surface area contributed by atoms with Crippen molar-refractivity contribution in [1.29, 1.82) is 0 Å². The van der Waals surface area contributed by atoms with Crippen molar-refractivity contribution in [3.8, 4) is 5.75 Å². The van der Waals surface area contributed by atoms with Crippen LogP contribution in [-0.4, -0.2) is 37.7 Å². The number of anilines is 2. The minimum absolute atomic E-state index is 0.656. The first-order valence-electron chi connectivity index (χ1n) is 7.19. The summed E-state index contributed by atoms with van der Waals surface area (Å²) in [4.78, 5) is 2.43. The Morgan fingerprint density at radius 3 is 2.58 bits per heavy atom. The molecule has 0 atom stereocenters. The molecule has 0 saturated heterocycles. The van der Waals surface area contributed by atoms with Gasteiger partial charge in [0.15, 0.2) is 0 Å². The first-order chi connectivity index (χ1) is 9.19. The molecule has 0 radical (unpaired) electrons. The summed E-state index contributed by atoms with van der Waals surface area (Å²) < 4.78 is 5.48. The Kier molecular flexibility index (Phi) is 7.11. The summed E-state index contributed by atoms with van der Waals surface area (Å²) in [5, 5.41) is 3.41. The van der Waals surface area contributed by atoms with E-state index < -0.39 is 0 Å². The number of ether oxygens (including phenoxy) is 1. The standard InChI is InChI=1S/C15H27N3O/c1-4-8-18(5-2)9-7-17-14-10-13(16)11-15(12-14)19-6-3/h10-12,17H,4-9,16H2,1-3H3. The summed E-state index contributed by atoms with van der Waals surface area (Å²) in [6, 6.07) is 5.79. The molecule has 0 aliphatic heterocycles. The topological polar surface area (TPSA) is 50.5 Å². The average Bonchev–Trinajstić information content (AvgIpc) is 2.37. The van der Waals surface area contributed by atoms with E-state index in [9.17, 15) is 0 Å². The third-order valence-corrected chi connectivity index (χ3v) is 2.98. The molecule has 1 aromatic carbocycles. The van der Waals surface area contributed by atoms with Gasteiger partial charge in [0.25, 0.3) is 0 Å². The van der Waals surface area contributed by atoms with Crippen LogP contribution in [0, 0.1) is 0 Å². The Labute approximate surface area is 116 Å². The van der Waals surface area contributed by atoms with E-state index in [0.717, 1.165) is 43.3 Å². The van der Waals surface area contributed by atoms with E-state index in [2.05, 4.69) is 24.1 Å². The van der Waals surface area contributed by atoms with E-state index in [1.54, 1.807) is 0 Å². The van der Waals surface area contributed by atoms with Gasteiger partial charge in [0, 0.05) is 36.6 Å². The zero-order valence-electron chi connectivity index (χ0n) is 12.4. The summed E-state index contributed by atoms with van der Waals surface area (Å²) in [6.45, 7) is 11.2. The van der Waals surface area contributed by atoms with E-state index in [4.69, 9.17) is 10.5 Å². The van der Waals surface area contributed by atoms with Crippen LogP contribution < -0.4 is 15.8 Å². The quantitative estimate of drug-likeness (QED) is 0.674. The molecule has 0 aliphatic carbocycles.